The van der Waals surface area contributed by atoms with E-state index < -0.39 is 12.1 Å². The van der Waals surface area contributed by atoms with Gasteiger partial charge >= 0.3 is 5.91 Å². The van der Waals surface area contributed by atoms with Crippen LogP contribution in [-0.4, -0.2) is 50.1 Å². The van der Waals surface area contributed by atoms with Crippen LogP contribution in [0.5, 0.6) is 17.2 Å². The highest BCUT2D eigenvalue weighted by Crippen LogP contribution is 2.28. The molecule has 2 atom stereocenters. The summed E-state index contributed by atoms with van der Waals surface area (Å²) in [7, 11) is 4.74. The zero-order chi connectivity index (χ0) is 24.1. The first-order chi connectivity index (χ1) is 16.5. The number of hydrazine groups is 1. The first-order valence-electron chi connectivity index (χ1n) is 10.7. The molecule has 1 heterocycles. The van der Waals surface area contributed by atoms with Crippen LogP contribution in [0.1, 0.15) is 27.5 Å². The summed E-state index contributed by atoms with van der Waals surface area (Å²) in [5, 5.41) is 2.89. The molecule has 3 aromatic rings. The van der Waals surface area contributed by atoms with E-state index in [1.165, 1.54) is 0 Å². The molecule has 8 heteroatoms. The molecular weight excluding hydrogens is 434 g/mol. The minimum absolute atomic E-state index is 0.325. The molecule has 34 heavy (non-hydrogen) atoms. The fraction of sp³-hybridized carbons (Fsp3) is 0.192. The van der Waals surface area contributed by atoms with E-state index in [1.807, 2.05) is 48.5 Å². The van der Waals surface area contributed by atoms with Gasteiger partial charge in [-0.15, -0.1) is 10.1 Å². The summed E-state index contributed by atoms with van der Waals surface area (Å²) in [5.41, 5.74) is 4.91. The highest BCUT2D eigenvalue weighted by atomic mass is 16.5. The first kappa shape index (κ1) is 22.8. The number of carbonyl (C=O) groups is 2. The Morgan fingerprint density at radius 1 is 0.882 bits per heavy atom. The van der Waals surface area contributed by atoms with E-state index in [-0.39, 0.29) is 11.8 Å². The number of ether oxygens (including phenoxy) is 3. The highest BCUT2D eigenvalue weighted by Gasteiger charge is 2.48. The lowest BCUT2D eigenvalue weighted by Crippen LogP contribution is -2.42. The minimum Gasteiger partial charge on any atom is -0.497 e. The number of hydrazone groups is 1. The van der Waals surface area contributed by atoms with Crippen LogP contribution in [0.2, 0.25) is 0 Å². The number of hydrogen-bond acceptors (Lipinski definition) is 5. The maximum Gasteiger partial charge on any atom is 0.304 e. The second kappa shape index (κ2) is 10.1. The van der Waals surface area contributed by atoms with Crippen molar-refractivity contribution in [3.63, 3.8) is 0 Å². The Hall–Kier alpha value is -4.33. The zero-order valence-corrected chi connectivity index (χ0v) is 19.1. The third-order valence-corrected chi connectivity index (χ3v) is 5.65. The van der Waals surface area contributed by atoms with Crippen LogP contribution in [0.25, 0.3) is 0 Å². The van der Waals surface area contributed by atoms with Crippen molar-refractivity contribution in [2.75, 3.05) is 21.3 Å². The van der Waals surface area contributed by atoms with E-state index in [0.29, 0.717) is 22.8 Å². The second-order valence-electron chi connectivity index (χ2n) is 7.65. The number of amides is 2. The Labute approximate surface area is 197 Å². The summed E-state index contributed by atoms with van der Waals surface area (Å²) < 4.78 is 17.6. The van der Waals surface area contributed by atoms with Gasteiger partial charge in [-0.2, -0.15) is 0 Å². The molecule has 0 radical (unpaired) electrons. The summed E-state index contributed by atoms with van der Waals surface area (Å²) in [4.78, 5) is 26.0. The third-order valence-electron chi connectivity index (χ3n) is 5.65. The van der Waals surface area contributed by atoms with Crippen LogP contribution in [0, 0.1) is 0 Å². The molecule has 0 aliphatic carbocycles. The molecule has 4 rings (SSSR count). The number of rotatable bonds is 7. The quantitative estimate of drug-likeness (QED) is 0.530. The minimum atomic E-state index is -0.839. The van der Waals surface area contributed by atoms with Crippen LogP contribution in [0.4, 0.5) is 0 Å². The SMILES string of the molecule is COc1ccc(C(=O)N[C@H]2C(=O)N/[N+](=C\c3ccccc3OC)[C@@H]2c2ccc(OC)cc2)cc1. The van der Waals surface area contributed by atoms with Crippen LogP contribution in [0.15, 0.2) is 72.8 Å². The molecule has 1 saturated heterocycles. The van der Waals surface area contributed by atoms with Gasteiger partial charge in [-0.1, -0.05) is 12.1 Å². The molecule has 8 nitrogen and oxygen atoms in total. The van der Waals surface area contributed by atoms with Gasteiger partial charge in [0.15, 0.2) is 6.04 Å². The summed E-state index contributed by atoms with van der Waals surface area (Å²) in [6.07, 6.45) is 1.80. The van der Waals surface area contributed by atoms with Gasteiger partial charge in [0.05, 0.1) is 26.9 Å². The molecule has 1 aliphatic rings. The highest BCUT2D eigenvalue weighted by molar-refractivity contribution is 5.98. The topological polar surface area (TPSA) is 88.9 Å². The Morgan fingerprint density at radius 2 is 1.50 bits per heavy atom. The van der Waals surface area contributed by atoms with Gasteiger partial charge in [0.2, 0.25) is 12.3 Å². The average Bonchev–Trinajstić information content (AvgIpc) is 3.18. The average molecular weight is 461 g/mol. The molecule has 0 spiro atoms. The van der Waals surface area contributed by atoms with Gasteiger partial charge in [-0.05, 0) is 60.7 Å². The Balaban J connectivity index is 1.70. The van der Waals surface area contributed by atoms with Crippen molar-refractivity contribution in [1.29, 1.82) is 0 Å². The van der Waals surface area contributed by atoms with Gasteiger partial charge in [-0.25, -0.2) is 0 Å². The number of hydrogen-bond donors (Lipinski definition) is 2. The number of nitrogens with one attached hydrogen (secondary N) is 2. The Morgan fingerprint density at radius 3 is 2.12 bits per heavy atom. The summed E-state index contributed by atoms with van der Waals surface area (Å²) >= 11 is 0. The number of methoxy groups -OCH3 is 3. The normalized spacial score (nSPS) is 18.3. The van der Waals surface area contributed by atoms with Crippen LogP contribution in [-0.2, 0) is 4.79 Å². The van der Waals surface area contributed by atoms with Gasteiger partial charge < -0.3 is 19.5 Å². The maximum absolute atomic E-state index is 13.0. The van der Waals surface area contributed by atoms with E-state index in [0.717, 1.165) is 11.1 Å². The van der Waals surface area contributed by atoms with Crippen molar-refractivity contribution in [3.8, 4) is 17.2 Å². The summed E-state index contributed by atoms with van der Waals surface area (Å²) in [6, 6.07) is 20.2. The van der Waals surface area contributed by atoms with Gasteiger partial charge in [0.1, 0.15) is 17.2 Å². The molecule has 0 aromatic heterocycles. The van der Waals surface area contributed by atoms with E-state index in [4.69, 9.17) is 14.2 Å². The molecule has 2 N–H and O–H groups in total. The van der Waals surface area contributed by atoms with Crippen molar-refractivity contribution in [2.24, 2.45) is 0 Å². The largest absolute Gasteiger partial charge is 0.497 e. The fourth-order valence-electron chi connectivity index (χ4n) is 3.87. The Kier molecular flexibility index (Phi) is 6.77. The van der Waals surface area contributed by atoms with E-state index in [1.54, 1.807) is 56.5 Å². The smallest absolute Gasteiger partial charge is 0.304 e. The van der Waals surface area contributed by atoms with E-state index in [2.05, 4.69) is 10.7 Å². The summed E-state index contributed by atoms with van der Waals surface area (Å²) in [5.74, 6) is 1.31. The zero-order valence-electron chi connectivity index (χ0n) is 19.1. The number of nitrogens with zero attached hydrogens (tertiary/aromatic N) is 1. The summed E-state index contributed by atoms with van der Waals surface area (Å²) in [6.45, 7) is 0. The molecule has 0 unspecified atom stereocenters. The van der Waals surface area contributed by atoms with Crippen LogP contribution < -0.4 is 25.0 Å². The van der Waals surface area contributed by atoms with Crippen molar-refractivity contribution in [3.05, 3.63) is 89.5 Å². The molecule has 0 saturated carbocycles. The van der Waals surface area contributed by atoms with Crippen LogP contribution in [0.3, 0.4) is 0 Å². The van der Waals surface area contributed by atoms with Gasteiger partial charge in [0.25, 0.3) is 5.91 Å². The lowest BCUT2D eigenvalue weighted by Gasteiger charge is -2.15. The number of carbonyl (C=O) groups excluding carboxylic acids is 2. The van der Waals surface area contributed by atoms with Crippen molar-refractivity contribution in [2.45, 2.75) is 12.1 Å². The van der Waals surface area contributed by atoms with Crippen molar-refractivity contribution in [1.82, 2.24) is 10.7 Å². The molecule has 174 valence electrons. The Bertz CT molecular complexity index is 1210. The predicted octanol–water partition coefficient (Wildman–Crippen LogP) is 2.73. The predicted molar refractivity (Wildman–Crippen MR) is 127 cm³/mol. The van der Waals surface area contributed by atoms with E-state index in [9.17, 15) is 9.59 Å². The number of benzene rings is 3. The number of para-hydroxylation sites is 1. The fourth-order valence-corrected chi connectivity index (χ4v) is 3.87. The molecule has 2 amide bonds. The molecular formula is C26H26N3O5+. The standard InChI is InChI=1S/C26H25N3O5/c1-32-20-12-8-17(9-13-20)24-23(27-25(30)18-10-14-21(33-2)15-11-18)26(31)28-29(24)16-19-6-4-5-7-22(19)34-3/h4-16,23-24H,1-3H3,(H-,27,28,30,31)/p+1/b29-16-/t23-,24-/m1/s1. The van der Waals surface area contributed by atoms with Crippen molar-refractivity contribution >= 4 is 18.0 Å². The van der Waals surface area contributed by atoms with Gasteiger partial charge in [0, 0.05) is 11.1 Å². The van der Waals surface area contributed by atoms with E-state index >= 15 is 0 Å². The maximum atomic E-state index is 13.0. The lowest BCUT2D eigenvalue weighted by atomic mass is 9.99. The third kappa shape index (κ3) is 4.71. The van der Waals surface area contributed by atoms with Gasteiger partial charge in [-0.3, -0.25) is 9.59 Å². The first-order valence-corrected chi connectivity index (χ1v) is 10.7. The molecule has 1 fully saturated rings. The monoisotopic (exact) mass is 460 g/mol. The van der Waals surface area contributed by atoms with Crippen LogP contribution >= 0.6 is 0 Å². The van der Waals surface area contributed by atoms with Crippen molar-refractivity contribution < 1.29 is 28.5 Å². The molecule has 0 bridgehead atoms. The lowest BCUT2D eigenvalue weighted by molar-refractivity contribution is -0.596. The molecule has 1 aliphatic heterocycles. The second-order valence-corrected chi connectivity index (χ2v) is 7.65. The molecule has 3 aromatic carbocycles.